The quantitative estimate of drug-likeness (QED) is 0.612. The molecule has 1 atom stereocenters. The van der Waals surface area contributed by atoms with Gasteiger partial charge in [-0.3, -0.25) is 0 Å². The molecule has 0 saturated heterocycles. The number of nitrogens with zero attached hydrogens (tertiary/aromatic N) is 1. The smallest absolute Gasteiger partial charge is 0.316 e. The summed E-state index contributed by atoms with van der Waals surface area (Å²) in [6.07, 6.45) is 0.247. The van der Waals surface area contributed by atoms with Crippen molar-refractivity contribution in [3.8, 4) is 0 Å². The van der Waals surface area contributed by atoms with Gasteiger partial charge in [-0.25, -0.2) is 4.79 Å². The molecule has 0 fully saturated rings. The second-order valence-corrected chi connectivity index (χ2v) is 2.76. The molecule has 0 aliphatic carbocycles. The monoisotopic (exact) mass is 160 g/mol. The first-order chi connectivity index (χ1) is 5.04. The lowest BCUT2D eigenvalue weighted by Gasteiger charge is -2.12. The number of urea groups is 1. The maximum Gasteiger partial charge on any atom is 0.316 e. The number of nitrogens with one attached hydrogen (secondary N) is 1. The molecule has 0 aliphatic rings. The van der Waals surface area contributed by atoms with Crippen LogP contribution in [0.1, 0.15) is 13.3 Å². The van der Waals surface area contributed by atoms with Crippen LogP contribution in [0.15, 0.2) is 0 Å². The molecule has 0 saturated carbocycles. The molecule has 0 radical (unpaired) electrons. The van der Waals surface area contributed by atoms with Crippen LogP contribution in [0.5, 0.6) is 0 Å². The first-order valence-electron chi connectivity index (χ1n) is 3.67. The first kappa shape index (κ1) is 10.2. The molecule has 11 heavy (non-hydrogen) atoms. The molecule has 0 heterocycles. The number of hydrogen-bond donors (Lipinski definition) is 2. The van der Waals surface area contributed by atoms with Gasteiger partial charge in [0.05, 0.1) is 6.10 Å². The van der Waals surface area contributed by atoms with Crippen LogP contribution in [0.25, 0.3) is 0 Å². The van der Waals surface area contributed by atoms with E-state index in [1.165, 1.54) is 4.90 Å². The lowest BCUT2D eigenvalue weighted by Crippen LogP contribution is -2.35. The van der Waals surface area contributed by atoms with Gasteiger partial charge in [0.25, 0.3) is 0 Å². The van der Waals surface area contributed by atoms with E-state index in [2.05, 4.69) is 5.32 Å². The zero-order valence-electron chi connectivity index (χ0n) is 7.29. The summed E-state index contributed by atoms with van der Waals surface area (Å²) in [5.41, 5.74) is 0. The minimum absolute atomic E-state index is 0.120. The van der Waals surface area contributed by atoms with Crippen molar-refractivity contribution in [3.63, 3.8) is 0 Å². The van der Waals surface area contributed by atoms with Crippen molar-refractivity contribution >= 4 is 6.03 Å². The highest BCUT2D eigenvalue weighted by Gasteiger charge is 2.01. The van der Waals surface area contributed by atoms with E-state index in [0.717, 1.165) is 0 Å². The van der Waals surface area contributed by atoms with Crippen molar-refractivity contribution in [1.29, 1.82) is 0 Å². The predicted octanol–water partition coefficient (Wildman–Crippen LogP) is 0.0285. The SMILES string of the molecule is CC(O)CCNC(=O)N(C)C. The van der Waals surface area contributed by atoms with Gasteiger partial charge in [-0.05, 0) is 13.3 Å². The van der Waals surface area contributed by atoms with Gasteiger partial charge < -0.3 is 15.3 Å². The van der Waals surface area contributed by atoms with Gasteiger partial charge in [0.1, 0.15) is 0 Å². The molecular weight excluding hydrogens is 144 g/mol. The Balaban J connectivity index is 3.32. The minimum atomic E-state index is -0.350. The molecule has 1 unspecified atom stereocenters. The number of rotatable bonds is 3. The molecule has 2 N–H and O–H groups in total. The zero-order valence-corrected chi connectivity index (χ0v) is 7.29. The predicted molar refractivity (Wildman–Crippen MR) is 43.4 cm³/mol. The molecule has 4 heteroatoms. The Morgan fingerprint density at radius 2 is 2.18 bits per heavy atom. The van der Waals surface area contributed by atoms with Gasteiger partial charge in [-0.2, -0.15) is 0 Å². The van der Waals surface area contributed by atoms with E-state index in [1.807, 2.05) is 0 Å². The van der Waals surface area contributed by atoms with Crippen molar-refractivity contribution in [2.45, 2.75) is 19.4 Å². The standard InChI is InChI=1S/C7H16N2O2/c1-6(10)4-5-8-7(11)9(2)3/h6,10H,4-5H2,1-3H3,(H,8,11). The van der Waals surface area contributed by atoms with Crippen molar-refractivity contribution in [2.75, 3.05) is 20.6 Å². The maximum absolute atomic E-state index is 10.9. The number of aliphatic hydroxyl groups is 1. The summed E-state index contributed by atoms with van der Waals surface area (Å²) in [4.78, 5) is 12.3. The van der Waals surface area contributed by atoms with Crippen LogP contribution in [0.2, 0.25) is 0 Å². The minimum Gasteiger partial charge on any atom is -0.393 e. The Labute approximate surface area is 67.2 Å². The van der Waals surface area contributed by atoms with E-state index < -0.39 is 0 Å². The van der Waals surface area contributed by atoms with E-state index in [9.17, 15) is 4.79 Å². The number of amides is 2. The van der Waals surface area contributed by atoms with Crippen LogP contribution in [0.4, 0.5) is 4.79 Å². The van der Waals surface area contributed by atoms with E-state index in [-0.39, 0.29) is 12.1 Å². The number of carbonyl (C=O) groups is 1. The summed E-state index contributed by atoms with van der Waals surface area (Å²) in [6.45, 7) is 2.22. The molecule has 0 bridgehead atoms. The highest BCUT2D eigenvalue weighted by Crippen LogP contribution is 1.86. The number of hydrogen-bond acceptors (Lipinski definition) is 2. The molecule has 0 aromatic heterocycles. The van der Waals surface area contributed by atoms with Crippen LogP contribution in [0.3, 0.4) is 0 Å². The fraction of sp³-hybridized carbons (Fsp3) is 0.857. The second-order valence-electron chi connectivity index (χ2n) is 2.76. The highest BCUT2D eigenvalue weighted by molar-refractivity contribution is 5.73. The largest absolute Gasteiger partial charge is 0.393 e. The van der Waals surface area contributed by atoms with Crippen molar-refractivity contribution in [3.05, 3.63) is 0 Å². The average molecular weight is 160 g/mol. The van der Waals surface area contributed by atoms with Gasteiger partial charge in [-0.15, -0.1) is 0 Å². The molecule has 0 aliphatic heterocycles. The Bertz CT molecular complexity index is 124. The Morgan fingerprint density at radius 1 is 1.64 bits per heavy atom. The third kappa shape index (κ3) is 5.66. The molecular formula is C7H16N2O2. The first-order valence-corrected chi connectivity index (χ1v) is 3.67. The summed E-state index contributed by atoms with van der Waals surface area (Å²) >= 11 is 0. The van der Waals surface area contributed by atoms with Gasteiger partial charge in [0, 0.05) is 20.6 Å². The van der Waals surface area contributed by atoms with Crippen LogP contribution in [-0.2, 0) is 0 Å². The van der Waals surface area contributed by atoms with Crippen LogP contribution >= 0.6 is 0 Å². The molecule has 0 aromatic carbocycles. The van der Waals surface area contributed by atoms with E-state index in [4.69, 9.17) is 5.11 Å². The van der Waals surface area contributed by atoms with E-state index in [1.54, 1.807) is 21.0 Å². The zero-order chi connectivity index (χ0) is 8.85. The van der Waals surface area contributed by atoms with Crippen molar-refractivity contribution < 1.29 is 9.90 Å². The third-order valence-corrected chi connectivity index (χ3v) is 1.24. The number of aliphatic hydroxyl groups excluding tert-OH is 1. The summed E-state index contributed by atoms with van der Waals surface area (Å²) < 4.78 is 0. The van der Waals surface area contributed by atoms with Gasteiger partial charge in [-0.1, -0.05) is 0 Å². The van der Waals surface area contributed by atoms with E-state index in [0.29, 0.717) is 13.0 Å². The molecule has 2 amide bonds. The summed E-state index contributed by atoms with van der Waals surface area (Å²) in [6, 6.07) is -0.120. The Hall–Kier alpha value is -0.770. The van der Waals surface area contributed by atoms with Crippen LogP contribution in [-0.4, -0.2) is 42.8 Å². The summed E-state index contributed by atoms with van der Waals surface area (Å²) in [5, 5.41) is 11.5. The summed E-state index contributed by atoms with van der Waals surface area (Å²) in [5.74, 6) is 0. The highest BCUT2D eigenvalue weighted by atomic mass is 16.3. The molecule has 0 spiro atoms. The Morgan fingerprint density at radius 3 is 2.55 bits per heavy atom. The molecule has 66 valence electrons. The average Bonchev–Trinajstić information content (AvgIpc) is 1.86. The molecule has 0 aromatic rings. The maximum atomic E-state index is 10.9. The van der Waals surface area contributed by atoms with Gasteiger partial charge in [0.15, 0.2) is 0 Å². The van der Waals surface area contributed by atoms with Crippen molar-refractivity contribution in [1.82, 2.24) is 10.2 Å². The lowest BCUT2D eigenvalue weighted by molar-refractivity contribution is 0.181. The van der Waals surface area contributed by atoms with Crippen LogP contribution in [0, 0.1) is 0 Å². The van der Waals surface area contributed by atoms with Gasteiger partial charge in [0.2, 0.25) is 0 Å². The number of carbonyl (C=O) groups excluding carboxylic acids is 1. The second kappa shape index (κ2) is 4.96. The lowest BCUT2D eigenvalue weighted by atomic mass is 10.3. The third-order valence-electron chi connectivity index (χ3n) is 1.24. The fourth-order valence-corrected chi connectivity index (χ4v) is 0.546. The fourth-order valence-electron chi connectivity index (χ4n) is 0.546. The Kier molecular flexibility index (Phi) is 4.61. The van der Waals surface area contributed by atoms with Gasteiger partial charge >= 0.3 is 6.03 Å². The van der Waals surface area contributed by atoms with Crippen molar-refractivity contribution in [2.24, 2.45) is 0 Å². The van der Waals surface area contributed by atoms with E-state index >= 15 is 0 Å². The topological polar surface area (TPSA) is 52.6 Å². The van der Waals surface area contributed by atoms with Crippen LogP contribution < -0.4 is 5.32 Å². The summed E-state index contributed by atoms with van der Waals surface area (Å²) in [7, 11) is 3.36. The molecule has 4 nitrogen and oxygen atoms in total. The normalized spacial score (nSPS) is 12.4. The molecule has 0 rings (SSSR count).